The van der Waals surface area contributed by atoms with Crippen LogP contribution in [0.3, 0.4) is 0 Å². The molecule has 222 valence electrons. The van der Waals surface area contributed by atoms with Crippen molar-refractivity contribution in [3.63, 3.8) is 0 Å². The number of aliphatic hydroxyl groups is 1. The van der Waals surface area contributed by atoms with Crippen LogP contribution < -0.4 is 30.9 Å². The largest absolute Gasteiger partial charge is 0.573 e. The number of nitrogens with zero attached hydrogens (tertiary/aromatic N) is 3. The summed E-state index contributed by atoms with van der Waals surface area (Å²) in [7, 11) is 0. The van der Waals surface area contributed by atoms with E-state index in [2.05, 4.69) is 10.1 Å². The maximum Gasteiger partial charge on any atom is 0.573 e. The van der Waals surface area contributed by atoms with E-state index < -0.39 is 61.3 Å². The van der Waals surface area contributed by atoms with Gasteiger partial charge < -0.3 is 24.8 Å². The fourth-order valence-electron chi connectivity index (χ4n) is 4.19. The van der Waals surface area contributed by atoms with Gasteiger partial charge in [0.15, 0.2) is 0 Å². The fourth-order valence-corrected chi connectivity index (χ4v) is 4.19. The molecule has 0 saturated heterocycles. The molecule has 0 amide bonds. The van der Waals surface area contributed by atoms with E-state index in [-0.39, 0.29) is 36.8 Å². The van der Waals surface area contributed by atoms with Gasteiger partial charge in [-0.2, -0.15) is 13.2 Å². The number of rotatable bonds is 10. The molecule has 1 aromatic heterocycles. The lowest BCUT2D eigenvalue weighted by Gasteiger charge is -2.26. The summed E-state index contributed by atoms with van der Waals surface area (Å²) in [6.45, 7) is -1.77. The predicted molar refractivity (Wildman–Crippen MR) is 131 cm³/mol. The molecule has 1 aliphatic rings. The average Bonchev–Trinajstić information content (AvgIpc) is 3.21. The van der Waals surface area contributed by atoms with Gasteiger partial charge in [-0.05, 0) is 36.2 Å². The van der Waals surface area contributed by atoms with Crippen molar-refractivity contribution in [1.82, 2.24) is 9.13 Å². The van der Waals surface area contributed by atoms with E-state index >= 15 is 0 Å². The molecule has 0 aliphatic carbocycles. The van der Waals surface area contributed by atoms with Crippen molar-refractivity contribution >= 4 is 11.5 Å². The Bertz CT molecular complexity index is 1490. The monoisotopic (exact) mass is 592 g/mol. The number of ether oxygens (including phenoxy) is 2. The SMILES string of the molecule is O=c1c2c(n(CCC(F)(F)F)c(=O)n1CCCO)NC(Oc1cccc(OC(F)(F)F)c1)N2Cc1ccc(F)cc1. The van der Waals surface area contributed by atoms with Crippen molar-refractivity contribution in [2.75, 3.05) is 16.8 Å². The van der Waals surface area contributed by atoms with E-state index in [9.17, 15) is 45.4 Å². The quantitative estimate of drug-likeness (QED) is 0.341. The second kappa shape index (κ2) is 11.7. The molecule has 0 fully saturated rings. The van der Waals surface area contributed by atoms with Gasteiger partial charge in [0.05, 0.1) is 6.42 Å². The number of benzene rings is 2. The summed E-state index contributed by atoms with van der Waals surface area (Å²) in [6, 6.07) is 9.43. The summed E-state index contributed by atoms with van der Waals surface area (Å²) >= 11 is 0. The van der Waals surface area contributed by atoms with Crippen molar-refractivity contribution in [2.24, 2.45) is 0 Å². The third-order valence-electron chi connectivity index (χ3n) is 5.95. The molecule has 16 heteroatoms. The van der Waals surface area contributed by atoms with E-state index in [1.807, 2.05) is 0 Å². The normalized spacial score (nSPS) is 15.0. The lowest BCUT2D eigenvalue weighted by molar-refractivity contribution is -0.274. The van der Waals surface area contributed by atoms with Crippen LogP contribution in [-0.4, -0.2) is 39.7 Å². The molecule has 1 atom stereocenters. The molecular formula is C25H23F7N4O5. The van der Waals surface area contributed by atoms with Gasteiger partial charge >= 0.3 is 18.2 Å². The Morgan fingerprint density at radius 3 is 2.24 bits per heavy atom. The zero-order chi connectivity index (χ0) is 29.9. The predicted octanol–water partition coefficient (Wildman–Crippen LogP) is 4.18. The van der Waals surface area contributed by atoms with Crippen molar-refractivity contribution < 1.29 is 45.3 Å². The molecule has 2 N–H and O–H groups in total. The molecule has 9 nitrogen and oxygen atoms in total. The molecule has 3 aromatic rings. The molecule has 0 saturated carbocycles. The minimum absolute atomic E-state index is 0.0511. The van der Waals surface area contributed by atoms with Crippen LogP contribution in [0.5, 0.6) is 11.5 Å². The third-order valence-corrected chi connectivity index (χ3v) is 5.95. The van der Waals surface area contributed by atoms with Gasteiger partial charge in [-0.25, -0.2) is 9.18 Å². The number of aliphatic hydroxyl groups excluding tert-OH is 1. The van der Waals surface area contributed by atoms with Crippen LogP contribution in [0.4, 0.5) is 42.2 Å². The minimum atomic E-state index is -5.00. The Hall–Kier alpha value is -4.21. The van der Waals surface area contributed by atoms with Crippen LogP contribution in [0, 0.1) is 5.82 Å². The van der Waals surface area contributed by atoms with Crippen LogP contribution in [0.15, 0.2) is 58.1 Å². The zero-order valence-corrected chi connectivity index (χ0v) is 21.0. The number of hydrogen-bond donors (Lipinski definition) is 2. The third kappa shape index (κ3) is 7.31. The van der Waals surface area contributed by atoms with E-state index in [0.717, 1.165) is 24.3 Å². The summed E-state index contributed by atoms with van der Waals surface area (Å²) in [5.74, 6) is -1.66. The van der Waals surface area contributed by atoms with Gasteiger partial charge in [-0.15, -0.1) is 13.2 Å². The lowest BCUT2D eigenvalue weighted by atomic mass is 10.2. The second-order valence-electron chi connectivity index (χ2n) is 8.92. The molecule has 0 bridgehead atoms. The smallest absolute Gasteiger partial charge is 0.452 e. The van der Waals surface area contributed by atoms with Crippen molar-refractivity contribution in [3.05, 3.63) is 80.7 Å². The van der Waals surface area contributed by atoms with Gasteiger partial charge in [0.2, 0.25) is 0 Å². The first-order chi connectivity index (χ1) is 19.3. The number of hydrogen-bond acceptors (Lipinski definition) is 7. The van der Waals surface area contributed by atoms with Gasteiger partial charge in [-0.3, -0.25) is 13.9 Å². The van der Waals surface area contributed by atoms with Crippen LogP contribution in [0.2, 0.25) is 0 Å². The first kappa shape index (κ1) is 29.8. The molecule has 2 aromatic carbocycles. The van der Waals surface area contributed by atoms with Crippen molar-refractivity contribution in [3.8, 4) is 11.5 Å². The van der Waals surface area contributed by atoms with Gasteiger partial charge in [0.1, 0.15) is 28.8 Å². The molecule has 1 aliphatic heterocycles. The number of anilines is 2. The van der Waals surface area contributed by atoms with Crippen LogP contribution >= 0.6 is 0 Å². The highest BCUT2D eigenvalue weighted by atomic mass is 19.4. The zero-order valence-electron chi connectivity index (χ0n) is 21.0. The Kier molecular flexibility index (Phi) is 8.51. The second-order valence-corrected chi connectivity index (χ2v) is 8.92. The number of nitrogens with one attached hydrogen (secondary N) is 1. The first-order valence-corrected chi connectivity index (χ1v) is 12.1. The summed E-state index contributed by atoms with van der Waals surface area (Å²) in [5.41, 5.74) is -1.81. The fraction of sp³-hybridized carbons (Fsp3) is 0.360. The number of aromatic nitrogens is 2. The standard InChI is InChI=1S/C25H23F7N4O5/c26-16-7-5-15(6-8-16)14-36-19-20(33-22(36)40-17-3-1-4-18(13-17)41-25(30,31)32)34(11-9-24(27,28)29)23(39)35(21(19)38)10-2-12-37/h1,3-8,13,22,33,37H,2,9-12,14H2. The van der Waals surface area contributed by atoms with Crippen molar-refractivity contribution in [1.29, 1.82) is 0 Å². The summed E-state index contributed by atoms with van der Waals surface area (Å²) in [6.07, 6.45) is -12.5. The number of alkyl halides is 6. The summed E-state index contributed by atoms with van der Waals surface area (Å²) < 4.78 is 102. The molecule has 4 rings (SSSR count). The Morgan fingerprint density at radius 2 is 1.61 bits per heavy atom. The van der Waals surface area contributed by atoms with Crippen LogP contribution in [-0.2, 0) is 19.6 Å². The van der Waals surface area contributed by atoms with E-state index in [0.29, 0.717) is 14.7 Å². The van der Waals surface area contributed by atoms with Gasteiger partial charge in [0, 0.05) is 32.3 Å². The van der Waals surface area contributed by atoms with Crippen LogP contribution in [0.25, 0.3) is 0 Å². The minimum Gasteiger partial charge on any atom is -0.452 e. The first-order valence-electron chi connectivity index (χ1n) is 12.1. The Morgan fingerprint density at radius 1 is 0.927 bits per heavy atom. The molecule has 2 heterocycles. The lowest BCUT2D eigenvalue weighted by Crippen LogP contribution is -2.44. The van der Waals surface area contributed by atoms with Gasteiger partial charge in [-0.1, -0.05) is 18.2 Å². The van der Waals surface area contributed by atoms with Gasteiger partial charge in [0.25, 0.3) is 11.9 Å². The maximum absolute atomic E-state index is 13.5. The topological polar surface area (TPSA) is 98.0 Å². The average molecular weight is 592 g/mol. The number of fused-ring (bicyclic) bond motifs is 1. The van der Waals surface area contributed by atoms with Crippen LogP contribution in [0.1, 0.15) is 18.4 Å². The molecule has 0 spiro atoms. The Labute approximate surface area is 226 Å². The molecule has 0 radical (unpaired) electrons. The van der Waals surface area contributed by atoms with Crippen molar-refractivity contribution in [2.45, 2.75) is 51.4 Å². The highest BCUT2D eigenvalue weighted by Crippen LogP contribution is 2.35. The van der Waals surface area contributed by atoms with E-state index in [4.69, 9.17) is 4.74 Å². The highest BCUT2D eigenvalue weighted by molar-refractivity contribution is 5.71. The highest BCUT2D eigenvalue weighted by Gasteiger charge is 2.38. The molecule has 41 heavy (non-hydrogen) atoms. The molecular weight excluding hydrogens is 569 g/mol. The summed E-state index contributed by atoms with van der Waals surface area (Å²) in [5, 5.41) is 11.9. The Balaban J connectivity index is 1.81. The van der Waals surface area contributed by atoms with E-state index in [1.54, 1.807) is 0 Å². The maximum atomic E-state index is 13.5. The van der Waals surface area contributed by atoms with E-state index in [1.165, 1.54) is 29.2 Å². The number of halogens is 7. The molecule has 1 unspecified atom stereocenters. The summed E-state index contributed by atoms with van der Waals surface area (Å²) in [4.78, 5) is 27.9.